The van der Waals surface area contributed by atoms with Crippen molar-refractivity contribution in [1.82, 2.24) is 5.32 Å². The Morgan fingerprint density at radius 3 is 2.18 bits per heavy atom. The molecule has 17 heavy (non-hydrogen) atoms. The van der Waals surface area contributed by atoms with Crippen LogP contribution in [0.5, 0.6) is 0 Å². The molecule has 0 aromatic heterocycles. The third kappa shape index (κ3) is 3.53. The summed E-state index contributed by atoms with van der Waals surface area (Å²) in [5.41, 5.74) is 2.10. The molecule has 0 saturated heterocycles. The molecule has 0 aliphatic rings. The Hall–Kier alpha value is -0.890. The summed E-state index contributed by atoms with van der Waals surface area (Å²) in [6.45, 7) is 9.28. The van der Waals surface area contributed by atoms with E-state index >= 15 is 0 Å². The standard InChI is InChI=1S/C15H24FN/c1-5-15(6-2,7-3)17-11-13-8-9-14(16)12(4)10-13/h8-10,17H,5-7,11H2,1-4H3. The summed E-state index contributed by atoms with van der Waals surface area (Å²) in [5.74, 6) is -0.124. The highest BCUT2D eigenvalue weighted by atomic mass is 19.1. The lowest BCUT2D eigenvalue weighted by molar-refractivity contribution is 0.288. The molecule has 1 N–H and O–H groups in total. The molecule has 0 aliphatic heterocycles. The molecule has 0 bridgehead atoms. The van der Waals surface area contributed by atoms with E-state index in [0.717, 1.165) is 36.9 Å². The van der Waals surface area contributed by atoms with E-state index in [-0.39, 0.29) is 11.4 Å². The average Bonchev–Trinajstić information content (AvgIpc) is 2.36. The van der Waals surface area contributed by atoms with Crippen LogP contribution < -0.4 is 5.32 Å². The van der Waals surface area contributed by atoms with Gasteiger partial charge in [-0.25, -0.2) is 4.39 Å². The van der Waals surface area contributed by atoms with Crippen LogP contribution in [0.25, 0.3) is 0 Å². The van der Waals surface area contributed by atoms with Crippen LogP contribution in [0.15, 0.2) is 18.2 Å². The van der Waals surface area contributed by atoms with E-state index in [9.17, 15) is 4.39 Å². The van der Waals surface area contributed by atoms with Crippen molar-refractivity contribution in [1.29, 1.82) is 0 Å². The van der Waals surface area contributed by atoms with Crippen molar-refractivity contribution in [3.63, 3.8) is 0 Å². The zero-order valence-electron chi connectivity index (χ0n) is 11.4. The second-order valence-electron chi connectivity index (χ2n) is 4.78. The van der Waals surface area contributed by atoms with E-state index in [1.54, 1.807) is 6.07 Å². The zero-order chi connectivity index (χ0) is 12.9. The Bertz CT molecular complexity index is 348. The van der Waals surface area contributed by atoms with E-state index < -0.39 is 0 Å². The van der Waals surface area contributed by atoms with Crippen LogP contribution in [-0.2, 0) is 6.54 Å². The van der Waals surface area contributed by atoms with Crippen LogP contribution in [0.2, 0.25) is 0 Å². The summed E-state index contributed by atoms with van der Waals surface area (Å²) in [4.78, 5) is 0. The predicted molar refractivity (Wildman–Crippen MR) is 71.6 cm³/mol. The molecule has 1 aromatic rings. The van der Waals surface area contributed by atoms with Gasteiger partial charge in [0.1, 0.15) is 5.82 Å². The quantitative estimate of drug-likeness (QED) is 0.782. The van der Waals surface area contributed by atoms with Gasteiger partial charge in [0.05, 0.1) is 0 Å². The van der Waals surface area contributed by atoms with Crippen LogP contribution in [0.1, 0.15) is 51.2 Å². The van der Waals surface area contributed by atoms with Gasteiger partial charge >= 0.3 is 0 Å². The minimum atomic E-state index is -0.124. The summed E-state index contributed by atoms with van der Waals surface area (Å²) in [5, 5.41) is 3.62. The third-order valence-corrected chi connectivity index (χ3v) is 3.92. The maximum absolute atomic E-state index is 13.2. The predicted octanol–water partition coefficient (Wildman–Crippen LogP) is 4.19. The molecule has 0 saturated carbocycles. The van der Waals surface area contributed by atoms with Gasteiger partial charge in [-0.05, 0) is 43.4 Å². The van der Waals surface area contributed by atoms with Gasteiger partial charge in [0.25, 0.3) is 0 Å². The van der Waals surface area contributed by atoms with Gasteiger partial charge in [-0.15, -0.1) is 0 Å². The first-order valence-electron chi connectivity index (χ1n) is 6.57. The zero-order valence-corrected chi connectivity index (χ0v) is 11.4. The number of hydrogen-bond donors (Lipinski definition) is 1. The topological polar surface area (TPSA) is 12.0 Å². The van der Waals surface area contributed by atoms with E-state index in [2.05, 4.69) is 26.1 Å². The maximum atomic E-state index is 13.2. The van der Waals surface area contributed by atoms with Gasteiger partial charge in [-0.3, -0.25) is 0 Å². The van der Waals surface area contributed by atoms with Gasteiger partial charge in [-0.1, -0.05) is 32.9 Å². The molecule has 0 aliphatic carbocycles. The molecule has 0 spiro atoms. The lowest BCUT2D eigenvalue weighted by atomic mass is 9.89. The smallest absolute Gasteiger partial charge is 0.126 e. The summed E-state index contributed by atoms with van der Waals surface area (Å²) < 4.78 is 13.2. The first-order valence-corrected chi connectivity index (χ1v) is 6.57. The number of halogens is 1. The van der Waals surface area contributed by atoms with Gasteiger partial charge in [0, 0.05) is 12.1 Å². The number of hydrogen-bond acceptors (Lipinski definition) is 1. The van der Waals surface area contributed by atoms with E-state index in [4.69, 9.17) is 0 Å². The first kappa shape index (κ1) is 14.2. The molecular weight excluding hydrogens is 213 g/mol. The number of aryl methyl sites for hydroxylation is 1. The van der Waals surface area contributed by atoms with Crippen LogP contribution in [0.4, 0.5) is 4.39 Å². The molecule has 0 fully saturated rings. The molecule has 0 heterocycles. The van der Waals surface area contributed by atoms with Crippen LogP contribution in [0, 0.1) is 12.7 Å². The Morgan fingerprint density at radius 1 is 1.12 bits per heavy atom. The normalized spacial score (nSPS) is 11.8. The minimum absolute atomic E-state index is 0.124. The summed E-state index contributed by atoms with van der Waals surface area (Å²) >= 11 is 0. The first-order chi connectivity index (χ1) is 8.06. The Balaban J connectivity index is 2.68. The number of benzene rings is 1. The molecule has 0 unspecified atom stereocenters. The van der Waals surface area contributed by atoms with Gasteiger partial charge in [0.2, 0.25) is 0 Å². The van der Waals surface area contributed by atoms with Crippen molar-refractivity contribution in [2.24, 2.45) is 0 Å². The summed E-state index contributed by atoms with van der Waals surface area (Å²) in [6.07, 6.45) is 3.38. The lowest BCUT2D eigenvalue weighted by Gasteiger charge is -2.32. The van der Waals surface area contributed by atoms with Gasteiger partial charge < -0.3 is 5.32 Å². The van der Waals surface area contributed by atoms with E-state index in [1.165, 1.54) is 0 Å². The molecule has 0 amide bonds. The van der Waals surface area contributed by atoms with Crippen LogP contribution >= 0.6 is 0 Å². The third-order valence-electron chi connectivity index (χ3n) is 3.92. The second kappa shape index (κ2) is 6.15. The molecule has 2 heteroatoms. The van der Waals surface area contributed by atoms with E-state index in [1.807, 2.05) is 19.1 Å². The molecule has 1 nitrogen and oxygen atoms in total. The monoisotopic (exact) mass is 237 g/mol. The Labute approximate surface area is 104 Å². The molecule has 1 rings (SSSR count). The fraction of sp³-hybridized carbons (Fsp3) is 0.600. The van der Waals surface area contributed by atoms with Crippen LogP contribution in [0.3, 0.4) is 0 Å². The fourth-order valence-electron chi connectivity index (χ4n) is 2.23. The molecule has 0 radical (unpaired) electrons. The minimum Gasteiger partial charge on any atom is -0.307 e. The molecular formula is C15H24FN. The van der Waals surface area contributed by atoms with Crippen molar-refractivity contribution >= 4 is 0 Å². The van der Waals surface area contributed by atoms with Gasteiger partial charge in [0.15, 0.2) is 0 Å². The largest absolute Gasteiger partial charge is 0.307 e. The van der Waals surface area contributed by atoms with Crippen molar-refractivity contribution in [2.75, 3.05) is 0 Å². The summed E-state index contributed by atoms with van der Waals surface area (Å²) in [7, 11) is 0. The highest BCUT2D eigenvalue weighted by Gasteiger charge is 2.22. The fourth-order valence-corrected chi connectivity index (χ4v) is 2.23. The number of nitrogens with one attached hydrogen (secondary N) is 1. The maximum Gasteiger partial charge on any atom is 0.126 e. The SMILES string of the molecule is CCC(CC)(CC)NCc1ccc(F)c(C)c1. The molecule has 0 atom stereocenters. The van der Waals surface area contributed by atoms with Crippen molar-refractivity contribution in [2.45, 2.75) is 59.0 Å². The molecule has 1 aromatic carbocycles. The van der Waals surface area contributed by atoms with Crippen LogP contribution in [-0.4, -0.2) is 5.54 Å². The lowest BCUT2D eigenvalue weighted by Crippen LogP contribution is -2.43. The summed E-state index contributed by atoms with van der Waals surface area (Å²) in [6, 6.07) is 5.34. The number of rotatable bonds is 6. The van der Waals surface area contributed by atoms with Crippen molar-refractivity contribution in [3.05, 3.63) is 35.1 Å². The highest BCUT2D eigenvalue weighted by Crippen LogP contribution is 2.20. The highest BCUT2D eigenvalue weighted by molar-refractivity contribution is 5.23. The average molecular weight is 237 g/mol. The Kier molecular flexibility index (Phi) is 5.13. The van der Waals surface area contributed by atoms with Crippen molar-refractivity contribution in [3.8, 4) is 0 Å². The van der Waals surface area contributed by atoms with Crippen molar-refractivity contribution < 1.29 is 4.39 Å². The van der Waals surface area contributed by atoms with E-state index in [0.29, 0.717) is 0 Å². The second-order valence-corrected chi connectivity index (χ2v) is 4.78. The Morgan fingerprint density at radius 2 is 1.71 bits per heavy atom. The van der Waals surface area contributed by atoms with Gasteiger partial charge in [-0.2, -0.15) is 0 Å². The molecule has 96 valence electrons.